The van der Waals surface area contributed by atoms with Gasteiger partial charge in [-0.2, -0.15) is 0 Å². The summed E-state index contributed by atoms with van der Waals surface area (Å²) in [6, 6.07) is 0. The number of rotatable bonds is 2. The van der Waals surface area contributed by atoms with E-state index >= 15 is 0 Å². The van der Waals surface area contributed by atoms with E-state index in [-0.39, 0.29) is 0 Å². The minimum atomic E-state index is -0.453. The molecule has 0 rings (SSSR count). The normalized spacial score (nSPS) is 12.0. The summed E-state index contributed by atoms with van der Waals surface area (Å²) in [5.41, 5.74) is 1.37. The first-order valence-corrected chi connectivity index (χ1v) is 7.06. The molecule has 0 saturated heterocycles. The summed E-state index contributed by atoms with van der Waals surface area (Å²) in [6.07, 6.45) is 2.17. The molecule has 0 heterocycles. The van der Waals surface area contributed by atoms with Gasteiger partial charge < -0.3 is 0 Å². The monoisotopic (exact) mass is 137 g/mol. The first-order chi connectivity index (χ1) is 3.06. The van der Waals surface area contributed by atoms with E-state index in [9.17, 15) is 0 Å². The van der Waals surface area contributed by atoms with Crippen molar-refractivity contribution in [2.75, 3.05) is 31.7 Å². The molecule has 0 aliphatic rings. The Balaban J connectivity index is 3.15. The average molecular weight is 137 g/mol. The lowest BCUT2D eigenvalue weighted by Crippen LogP contribution is -1.85. The fraction of sp³-hybridized carbons (Fsp3) is 1.00. The highest BCUT2D eigenvalue weighted by molar-refractivity contribution is 8.06. The van der Waals surface area contributed by atoms with Crippen molar-refractivity contribution < 1.29 is 0 Å². The third-order valence-corrected chi connectivity index (χ3v) is 4.65. The van der Waals surface area contributed by atoms with Crippen LogP contribution in [0.25, 0.3) is 0 Å². The fourth-order valence-corrected chi connectivity index (χ4v) is 3.49. The van der Waals surface area contributed by atoms with Crippen molar-refractivity contribution in [1.29, 1.82) is 0 Å². The predicted molar refractivity (Wildman–Crippen MR) is 43.1 cm³/mol. The molecule has 7 heavy (non-hydrogen) atoms. The maximum absolute atomic E-state index is 2.36. The third kappa shape index (κ3) is 6.78. The SMILES string of the molecule is CSC[P+](C)(C)C. The Morgan fingerprint density at radius 3 is 1.71 bits per heavy atom. The topological polar surface area (TPSA) is 0 Å². The molecule has 0 amide bonds. The van der Waals surface area contributed by atoms with Gasteiger partial charge in [-0.25, -0.2) is 0 Å². The molecule has 0 aromatic rings. The van der Waals surface area contributed by atoms with Crippen LogP contribution in [0.3, 0.4) is 0 Å². The van der Waals surface area contributed by atoms with Crippen molar-refractivity contribution in [2.45, 2.75) is 0 Å². The van der Waals surface area contributed by atoms with Crippen LogP contribution in [-0.2, 0) is 0 Å². The highest BCUT2D eigenvalue weighted by atomic mass is 32.2. The zero-order valence-corrected chi connectivity index (χ0v) is 7.27. The molecule has 2 heteroatoms. The molecule has 0 bridgehead atoms. The minimum absolute atomic E-state index is 0.453. The van der Waals surface area contributed by atoms with Crippen LogP contribution in [0.1, 0.15) is 0 Å². The molecule has 0 radical (unpaired) electrons. The number of thioether (sulfide) groups is 1. The second-order valence-electron chi connectivity index (χ2n) is 2.71. The Morgan fingerprint density at radius 1 is 1.29 bits per heavy atom. The van der Waals surface area contributed by atoms with Crippen LogP contribution in [0.4, 0.5) is 0 Å². The van der Waals surface area contributed by atoms with Crippen LogP contribution in [0, 0.1) is 0 Å². The van der Waals surface area contributed by atoms with E-state index in [1.807, 2.05) is 11.8 Å². The summed E-state index contributed by atoms with van der Waals surface area (Å²) in [6.45, 7) is 7.09. The van der Waals surface area contributed by atoms with Crippen molar-refractivity contribution >= 4 is 19.0 Å². The first kappa shape index (κ1) is 7.78. The van der Waals surface area contributed by atoms with Gasteiger partial charge in [0, 0.05) is 27.3 Å². The molecule has 0 aromatic carbocycles. The molecule has 0 spiro atoms. The molecule has 44 valence electrons. The Morgan fingerprint density at radius 2 is 1.71 bits per heavy atom. The van der Waals surface area contributed by atoms with Gasteiger partial charge in [0.25, 0.3) is 0 Å². The zero-order valence-electron chi connectivity index (χ0n) is 5.56. The Kier molecular flexibility index (Phi) is 3.27. The molecule has 0 atom stereocenters. The van der Waals surface area contributed by atoms with Gasteiger partial charge in [-0.05, 0) is 6.26 Å². The Hall–Kier alpha value is 0.780. The van der Waals surface area contributed by atoms with Gasteiger partial charge in [0.1, 0.15) is 5.49 Å². The second-order valence-corrected chi connectivity index (χ2v) is 8.90. The van der Waals surface area contributed by atoms with Crippen molar-refractivity contribution in [3.63, 3.8) is 0 Å². The molecule has 0 saturated carbocycles. The van der Waals surface area contributed by atoms with Crippen molar-refractivity contribution in [2.24, 2.45) is 0 Å². The lowest BCUT2D eigenvalue weighted by Gasteiger charge is -2.07. The van der Waals surface area contributed by atoms with Crippen LogP contribution >= 0.6 is 19.0 Å². The molecule has 0 fully saturated rings. The molecule has 0 N–H and O–H groups in total. The van der Waals surface area contributed by atoms with Gasteiger partial charge >= 0.3 is 0 Å². The smallest absolute Gasteiger partial charge is 0.103 e. The minimum Gasteiger partial charge on any atom is -0.125 e. The number of hydrogen-bond donors (Lipinski definition) is 0. The molecule has 0 aliphatic heterocycles. The largest absolute Gasteiger partial charge is 0.125 e. The van der Waals surface area contributed by atoms with E-state index in [1.165, 1.54) is 5.49 Å². The van der Waals surface area contributed by atoms with Gasteiger partial charge in [0.2, 0.25) is 0 Å². The lowest BCUT2D eigenvalue weighted by atomic mass is 11.8. The van der Waals surface area contributed by atoms with E-state index < -0.39 is 7.26 Å². The van der Waals surface area contributed by atoms with Crippen LogP contribution in [0.15, 0.2) is 0 Å². The third-order valence-electron chi connectivity index (χ3n) is 0.516. The average Bonchev–Trinajstić information content (AvgIpc) is 1.30. The van der Waals surface area contributed by atoms with Gasteiger partial charge in [-0.1, -0.05) is 0 Å². The molecular weight excluding hydrogens is 123 g/mol. The molecule has 0 aromatic heterocycles. The number of hydrogen-bond acceptors (Lipinski definition) is 1. The predicted octanol–water partition coefficient (Wildman–Crippen LogP) is 2.21. The lowest BCUT2D eigenvalue weighted by molar-refractivity contribution is 1.89. The second kappa shape index (κ2) is 2.94. The summed E-state index contributed by atoms with van der Waals surface area (Å²) < 4.78 is 0. The van der Waals surface area contributed by atoms with Crippen molar-refractivity contribution in [1.82, 2.24) is 0 Å². The van der Waals surface area contributed by atoms with Crippen LogP contribution in [-0.4, -0.2) is 31.7 Å². The van der Waals surface area contributed by atoms with Gasteiger partial charge in [-0.15, -0.1) is 11.8 Å². The van der Waals surface area contributed by atoms with Crippen LogP contribution < -0.4 is 0 Å². The summed E-state index contributed by atoms with van der Waals surface area (Å²) in [7, 11) is -0.453. The fourth-order valence-electron chi connectivity index (χ4n) is 0.387. The summed E-state index contributed by atoms with van der Waals surface area (Å²) in [5, 5.41) is 0. The molecule has 0 nitrogen and oxygen atoms in total. The maximum atomic E-state index is 2.36. The zero-order chi connectivity index (χ0) is 5.91. The maximum Gasteiger partial charge on any atom is 0.103 e. The van der Waals surface area contributed by atoms with Crippen LogP contribution in [0.2, 0.25) is 0 Å². The molecule has 0 unspecified atom stereocenters. The highest BCUT2D eigenvalue weighted by Crippen LogP contribution is 2.48. The summed E-state index contributed by atoms with van der Waals surface area (Å²) >= 11 is 1.96. The van der Waals surface area contributed by atoms with Crippen LogP contribution in [0.5, 0.6) is 0 Å². The highest BCUT2D eigenvalue weighted by Gasteiger charge is 2.14. The van der Waals surface area contributed by atoms with E-state index in [0.29, 0.717) is 0 Å². The quantitative estimate of drug-likeness (QED) is 0.526. The van der Waals surface area contributed by atoms with Gasteiger partial charge in [0.15, 0.2) is 0 Å². The molecule has 0 aliphatic carbocycles. The van der Waals surface area contributed by atoms with Gasteiger partial charge in [-0.3, -0.25) is 0 Å². The van der Waals surface area contributed by atoms with Crippen molar-refractivity contribution in [3.05, 3.63) is 0 Å². The van der Waals surface area contributed by atoms with E-state index in [1.54, 1.807) is 0 Å². The Labute approximate surface area is 51.4 Å². The molecular formula is C5H14PS+. The van der Waals surface area contributed by atoms with E-state index in [0.717, 1.165) is 0 Å². The first-order valence-electron chi connectivity index (χ1n) is 2.35. The van der Waals surface area contributed by atoms with E-state index in [4.69, 9.17) is 0 Å². The Bertz CT molecular complexity index is 46.5. The van der Waals surface area contributed by atoms with Gasteiger partial charge in [0.05, 0.1) is 0 Å². The summed E-state index contributed by atoms with van der Waals surface area (Å²) in [5.74, 6) is 0. The summed E-state index contributed by atoms with van der Waals surface area (Å²) in [4.78, 5) is 0. The standard InChI is InChI=1S/C5H14PS/c1-6(2,3)5-7-4/h5H2,1-4H3/q+1. The van der Waals surface area contributed by atoms with E-state index in [2.05, 4.69) is 26.3 Å². The van der Waals surface area contributed by atoms with Crippen molar-refractivity contribution in [3.8, 4) is 0 Å².